The second-order valence-electron chi connectivity index (χ2n) is 4.16. The number of nitrogens with zero attached hydrogens (tertiary/aromatic N) is 2. The highest BCUT2D eigenvalue weighted by atomic mass is 32.2. The van der Waals surface area contributed by atoms with Crippen molar-refractivity contribution in [2.24, 2.45) is 0 Å². The van der Waals surface area contributed by atoms with Crippen LogP contribution in [0.1, 0.15) is 22.8 Å². The highest BCUT2D eigenvalue weighted by Gasteiger charge is 2.18. The zero-order valence-corrected chi connectivity index (χ0v) is 11.3. The number of carboxylic acids is 1. The van der Waals surface area contributed by atoms with E-state index in [-0.39, 0.29) is 11.7 Å². The Morgan fingerprint density at radius 3 is 2.47 bits per heavy atom. The van der Waals surface area contributed by atoms with E-state index < -0.39 is 5.97 Å². The fourth-order valence-corrected chi connectivity index (χ4v) is 2.62. The van der Waals surface area contributed by atoms with Crippen LogP contribution in [-0.2, 0) is 4.79 Å². The topological polar surface area (TPSA) is 63.1 Å². The Kier molecular flexibility index (Phi) is 4.52. The molecule has 0 spiro atoms. The number of hydrogen-bond donors (Lipinski definition) is 1. The summed E-state index contributed by atoms with van der Waals surface area (Å²) in [6.07, 6.45) is 3.52. The van der Waals surface area contributed by atoms with Gasteiger partial charge in [0.2, 0.25) is 0 Å². The molecule has 1 aromatic heterocycles. The van der Waals surface area contributed by atoms with E-state index in [0.717, 1.165) is 11.1 Å². The Morgan fingerprint density at radius 1 is 1.26 bits per heavy atom. The molecule has 0 aliphatic rings. The lowest BCUT2D eigenvalue weighted by molar-refractivity contribution is -0.137. The van der Waals surface area contributed by atoms with Gasteiger partial charge in [0, 0.05) is 17.6 Å². The van der Waals surface area contributed by atoms with Gasteiger partial charge in [-0.2, -0.15) is 0 Å². The van der Waals surface area contributed by atoms with Crippen LogP contribution in [0.15, 0.2) is 47.9 Å². The Balaban J connectivity index is 2.19. The van der Waals surface area contributed by atoms with Gasteiger partial charge >= 0.3 is 5.97 Å². The highest BCUT2D eigenvalue weighted by Crippen LogP contribution is 2.35. The van der Waals surface area contributed by atoms with Crippen molar-refractivity contribution >= 4 is 17.7 Å². The molecule has 98 valence electrons. The van der Waals surface area contributed by atoms with Crippen molar-refractivity contribution < 1.29 is 9.90 Å². The molecule has 4 nitrogen and oxygen atoms in total. The first-order valence-corrected chi connectivity index (χ1v) is 6.75. The summed E-state index contributed by atoms with van der Waals surface area (Å²) in [6.45, 7) is 1.92. The van der Waals surface area contributed by atoms with Crippen molar-refractivity contribution in [2.45, 2.75) is 23.8 Å². The third-order valence-electron chi connectivity index (χ3n) is 2.54. The lowest BCUT2D eigenvalue weighted by Gasteiger charge is -2.13. The van der Waals surface area contributed by atoms with Crippen LogP contribution in [0.4, 0.5) is 0 Å². The molecule has 0 aliphatic heterocycles. The largest absolute Gasteiger partial charge is 0.481 e. The Bertz CT molecular complexity index is 543. The third-order valence-corrected chi connectivity index (χ3v) is 3.68. The molecule has 1 N–H and O–H groups in total. The SMILES string of the molecule is Cc1cnc(SC(CC(=O)O)c2ccccc2)nc1. The lowest BCUT2D eigenvalue weighted by Crippen LogP contribution is -2.04. The summed E-state index contributed by atoms with van der Waals surface area (Å²) in [4.78, 5) is 19.4. The average molecular weight is 274 g/mol. The van der Waals surface area contributed by atoms with Gasteiger partial charge < -0.3 is 5.11 Å². The molecule has 0 fully saturated rings. The highest BCUT2D eigenvalue weighted by molar-refractivity contribution is 7.99. The molecular formula is C14H14N2O2S. The number of thioether (sulfide) groups is 1. The zero-order chi connectivity index (χ0) is 13.7. The first-order valence-electron chi connectivity index (χ1n) is 5.87. The molecule has 1 aromatic carbocycles. The molecule has 0 saturated carbocycles. The van der Waals surface area contributed by atoms with Gasteiger partial charge in [0.15, 0.2) is 5.16 Å². The number of aryl methyl sites for hydroxylation is 1. The number of carboxylic acid groups (broad SMARTS) is 1. The number of rotatable bonds is 5. The lowest BCUT2D eigenvalue weighted by atomic mass is 10.1. The number of aliphatic carboxylic acids is 1. The number of carbonyl (C=O) groups is 1. The number of aromatic nitrogens is 2. The van der Waals surface area contributed by atoms with Gasteiger partial charge in [0.1, 0.15) is 0 Å². The van der Waals surface area contributed by atoms with Crippen LogP contribution < -0.4 is 0 Å². The maximum absolute atomic E-state index is 11.0. The number of benzene rings is 1. The van der Waals surface area contributed by atoms with E-state index >= 15 is 0 Å². The van der Waals surface area contributed by atoms with Crippen molar-refractivity contribution in [2.75, 3.05) is 0 Å². The Labute approximate surface area is 115 Å². The van der Waals surface area contributed by atoms with Crippen LogP contribution in [0.25, 0.3) is 0 Å². The van der Waals surface area contributed by atoms with Crippen molar-refractivity contribution in [3.05, 3.63) is 53.9 Å². The molecule has 0 radical (unpaired) electrons. The molecule has 1 heterocycles. The van der Waals surface area contributed by atoms with Crippen molar-refractivity contribution in [1.29, 1.82) is 0 Å². The molecule has 0 saturated heterocycles. The molecule has 0 amide bonds. The predicted molar refractivity (Wildman–Crippen MR) is 74.1 cm³/mol. The van der Waals surface area contributed by atoms with Crippen molar-refractivity contribution in [1.82, 2.24) is 9.97 Å². The van der Waals surface area contributed by atoms with E-state index in [1.165, 1.54) is 11.8 Å². The molecule has 0 aliphatic carbocycles. The standard InChI is InChI=1S/C14H14N2O2S/c1-10-8-15-14(16-9-10)19-12(7-13(17)18)11-5-3-2-4-6-11/h2-6,8-9,12H,7H2,1H3,(H,17,18). The van der Waals surface area contributed by atoms with Crippen LogP contribution in [0.2, 0.25) is 0 Å². The quantitative estimate of drug-likeness (QED) is 0.670. The molecular weight excluding hydrogens is 260 g/mol. The molecule has 1 atom stereocenters. The Hall–Kier alpha value is -1.88. The maximum atomic E-state index is 11.0. The summed E-state index contributed by atoms with van der Waals surface area (Å²) in [5.74, 6) is -0.825. The molecule has 2 rings (SSSR count). The van der Waals surface area contributed by atoms with E-state index in [9.17, 15) is 4.79 Å². The van der Waals surface area contributed by atoms with E-state index in [4.69, 9.17) is 5.11 Å². The van der Waals surface area contributed by atoms with Gasteiger partial charge in [-0.15, -0.1) is 0 Å². The minimum absolute atomic E-state index is 0.0475. The van der Waals surface area contributed by atoms with E-state index in [1.54, 1.807) is 12.4 Å². The van der Waals surface area contributed by atoms with Gasteiger partial charge in [-0.3, -0.25) is 4.79 Å². The monoisotopic (exact) mass is 274 g/mol. The predicted octanol–water partition coefficient (Wildman–Crippen LogP) is 3.09. The minimum atomic E-state index is -0.825. The van der Waals surface area contributed by atoms with Gasteiger partial charge in [0.25, 0.3) is 0 Å². The van der Waals surface area contributed by atoms with E-state index in [1.807, 2.05) is 37.3 Å². The second-order valence-corrected chi connectivity index (χ2v) is 5.33. The van der Waals surface area contributed by atoms with Crippen molar-refractivity contribution in [3.8, 4) is 0 Å². The van der Waals surface area contributed by atoms with E-state index in [2.05, 4.69) is 9.97 Å². The maximum Gasteiger partial charge on any atom is 0.304 e. The zero-order valence-electron chi connectivity index (χ0n) is 10.5. The molecule has 1 unspecified atom stereocenters. The summed E-state index contributed by atoms with van der Waals surface area (Å²) >= 11 is 1.38. The summed E-state index contributed by atoms with van der Waals surface area (Å²) in [7, 11) is 0. The Morgan fingerprint density at radius 2 is 1.89 bits per heavy atom. The van der Waals surface area contributed by atoms with E-state index in [0.29, 0.717) is 5.16 Å². The van der Waals surface area contributed by atoms with Crippen LogP contribution >= 0.6 is 11.8 Å². The molecule has 5 heteroatoms. The van der Waals surface area contributed by atoms with Crippen LogP contribution in [-0.4, -0.2) is 21.0 Å². The summed E-state index contributed by atoms with van der Waals surface area (Å²) < 4.78 is 0. The van der Waals surface area contributed by atoms with Crippen molar-refractivity contribution in [3.63, 3.8) is 0 Å². The summed E-state index contributed by atoms with van der Waals surface area (Å²) in [6, 6.07) is 9.57. The first kappa shape index (κ1) is 13.5. The number of hydrogen-bond acceptors (Lipinski definition) is 4. The van der Waals surface area contributed by atoms with Gasteiger partial charge in [-0.05, 0) is 18.1 Å². The average Bonchev–Trinajstić information content (AvgIpc) is 2.41. The molecule has 2 aromatic rings. The smallest absolute Gasteiger partial charge is 0.304 e. The van der Waals surface area contributed by atoms with Gasteiger partial charge in [-0.1, -0.05) is 42.1 Å². The third kappa shape index (κ3) is 4.06. The fourth-order valence-electron chi connectivity index (χ4n) is 1.62. The van der Waals surface area contributed by atoms with Crippen LogP contribution in [0.3, 0.4) is 0 Å². The normalized spacial score (nSPS) is 12.1. The first-order chi connectivity index (χ1) is 9.15. The molecule has 19 heavy (non-hydrogen) atoms. The molecule has 0 bridgehead atoms. The fraction of sp³-hybridized carbons (Fsp3) is 0.214. The second kappa shape index (κ2) is 6.33. The van der Waals surface area contributed by atoms with Crippen LogP contribution in [0, 0.1) is 6.92 Å². The minimum Gasteiger partial charge on any atom is -0.481 e. The van der Waals surface area contributed by atoms with Crippen LogP contribution in [0.5, 0.6) is 0 Å². The van der Waals surface area contributed by atoms with Gasteiger partial charge in [-0.25, -0.2) is 9.97 Å². The summed E-state index contributed by atoms with van der Waals surface area (Å²) in [5, 5.41) is 9.43. The summed E-state index contributed by atoms with van der Waals surface area (Å²) in [5.41, 5.74) is 1.96. The van der Waals surface area contributed by atoms with Gasteiger partial charge in [0.05, 0.1) is 6.42 Å².